The molecule has 0 saturated carbocycles. The van der Waals surface area contributed by atoms with Gasteiger partial charge in [-0.3, -0.25) is 4.57 Å². The molecule has 2 heterocycles. The van der Waals surface area contributed by atoms with Crippen LogP contribution in [0.4, 0.5) is 0 Å². The number of hydrogen-bond donors (Lipinski definition) is 0. The smallest absolute Gasteiger partial charge is 0.146 e. The van der Waals surface area contributed by atoms with Crippen molar-refractivity contribution in [3.8, 4) is 22.5 Å². The van der Waals surface area contributed by atoms with Crippen LogP contribution in [0.3, 0.4) is 0 Å². The predicted octanol–water partition coefficient (Wildman–Crippen LogP) is 23.1. The Kier molecular flexibility index (Phi) is 13.7. The molecular weight excluding hydrogens is 1050 g/mol. The standard InChI is InChI=1S/C41H29N.C35H24N2.C8H10/c1-27(26-42-24-12-11-13-28(42)2)29-22-23-36(31-15-4-3-14-30(29)31)39-25-40-34-18-6-5-16-32(34)33-17-7-9-20-37(33)41(40)38-21-10-8-19-35(38)39;1-2-12-23(13-3-1)37-33-21-11-10-20-32(33)36-35(37)31-22-30-26-16-5-4-14-24(26)25-15-6-8-18-28(25)34(30)29-19-9-7-17-27(29)31;1-2-8-6-4-3-5-7-8/h3-26H,2H2,1H3;2,4-22H,1,3H2;3-7H,2H2,1H3/b27-26+;;. The van der Waals surface area contributed by atoms with E-state index in [0.29, 0.717) is 0 Å². The maximum Gasteiger partial charge on any atom is 0.146 e. The van der Waals surface area contributed by atoms with Gasteiger partial charge in [0.25, 0.3) is 0 Å². The first-order valence-corrected chi connectivity index (χ1v) is 30.4. The Hall–Kier alpha value is -10.9. The molecule has 1 aliphatic heterocycles. The molecule has 1 aliphatic carbocycles. The van der Waals surface area contributed by atoms with Crippen molar-refractivity contribution in [1.29, 1.82) is 0 Å². The average Bonchev–Trinajstić information content (AvgIpc) is 1.37. The van der Waals surface area contributed by atoms with Crippen LogP contribution < -0.4 is 0 Å². The van der Waals surface area contributed by atoms with Crippen molar-refractivity contribution in [2.45, 2.75) is 33.1 Å². The van der Waals surface area contributed by atoms with E-state index in [1.165, 1.54) is 136 Å². The maximum atomic E-state index is 5.25. The summed E-state index contributed by atoms with van der Waals surface area (Å²) in [6.07, 6.45) is 20.4. The van der Waals surface area contributed by atoms with Gasteiger partial charge in [0.15, 0.2) is 0 Å². The summed E-state index contributed by atoms with van der Waals surface area (Å²) >= 11 is 0. The minimum absolute atomic E-state index is 0.958. The molecule has 2 aliphatic rings. The molecular formula is C84H63N3. The van der Waals surface area contributed by atoms with Gasteiger partial charge < -0.3 is 4.90 Å². The highest BCUT2D eigenvalue weighted by Gasteiger charge is 2.22. The molecule has 0 N–H and O–H groups in total. The first kappa shape index (κ1) is 52.9. The molecule has 3 heteroatoms. The van der Waals surface area contributed by atoms with Crippen molar-refractivity contribution >= 4 is 119 Å². The first-order valence-electron chi connectivity index (χ1n) is 30.4. The quantitative estimate of drug-likeness (QED) is 0.155. The number of fused-ring (bicyclic) bond motifs is 18. The van der Waals surface area contributed by atoms with E-state index >= 15 is 0 Å². The second-order valence-electron chi connectivity index (χ2n) is 22.8. The summed E-state index contributed by atoms with van der Waals surface area (Å²) in [6.45, 7) is 8.54. The minimum atomic E-state index is 0.958. The Labute approximate surface area is 507 Å². The lowest BCUT2D eigenvalue weighted by Crippen LogP contribution is -2.09. The molecule has 15 aromatic rings. The third-order valence-corrected chi connectivity index (χ3v) is 17.7. The number of imidazole rings is 1. The molecule has 0 amide bonds. The van der Waals surface area contributed by atoms with Gasteiger partial charge in [0.05, 0.1) is 11.0 Å². The zero-order valence-corrected chi connectivity index (χ0v) is 49.0. The molecule has 14 aromatic carbocycles. The lowest BCUT2D eigenvalue weighted by Gasteiger charge is -2.21. The summed E-state index contributed by atoms with van der Waals surface area (Å²) in [7, 11) is 0. The molecule has 0 bridgehead atoms. The molecule has 0 atom stereocenters. The van der Waals surface area contributed by atoms with Crippen LogP contribution in [-0.4, -0.2) is 14.5 Å². The van der Waals surface area contributed by atoms with Crippen molar-refractivity contribution in [1.82, 2.24) is 14.5 Å². The summed E-state index contributed by atoms with van der Waals surface area (Å²) in [5.41, 5.74) is 11.8. The van der Waals surface area contributed by atoms with Crippen LogP contribution in [0.25, 0.3) is 142 Å². The second kappa shape index (κ2) is 22.6. The van der Waals surface area contributed by atoms with Gasteiger partial charge >= 0.3 is 0 Å². The number of nitrogens with zero attached hydrogens (tertiary/aromatic N) is 3. The van der Waals surface area contributed by atoms with Crippen LogP contribution in [0.5, 0.6) is 0 Å². The number of aromatic nitrogens is 2. The molecule has 0 saturated heterocycles. The Balaban J connectivity index is 0.000000131. The van der Waals surface area contributed by atoms with E-state index in [1.54, 1.807) is 0 Å². The summed E-state index contributed by atoms with van der Waals surface area (Å²) < 4.78 is 2.35. The van der Waals surface area contributed by atoms with Gasteiger partial charge in [-0.05, 0) is 193 Å². The molecule has 414 valence electrons. The largest absolute Gasteiger partial charge is 0.324 e. The van der Waals surface area contributed by atoms with E-state index in [1.807, 2.05) is 24.3 Å². The SMILES string of the molecule is C1=CC(n2c(-c3cc4c5ccccc5c5ccccc5c4c4ccccc34)nc3ccccc32)=CCC1.C=C1C=CC=CN1/C=C(\C)c1ccc(-c2cc3c4ccccc4c4ccccc4c3c3ccccc23)c2ccccc12.CCc1ccccc1. The van der Waals surface area contributed by atoms with E-state index in [-0.39, 0.29) is 0 Å². The molecule has 0 unspecified atom stereocenters. The second-order valence-corrected chi connectivity index (χ2v) is 22.8. The fraction of sp³-hybridized carbons (Fsp3) is 0.0595. The number of benzene rings is 14. The third kappa shape index (κ3) is 9.37. The Morgan fingerprint density at radius 3 is 1.44 bits per heavy atom. The highest BCUT2D eigenvalue weighted by molar-refractivity contribution is 6.35. The molecule has 0 fully saturated rings. The topological polar surface area (TPSA) is 21.1 Å². The van der Waals surface area contributed by atoms with E-state index < -0.39 is 0 Å². The Morgan fingerprint density at radius 2 is 0.897 bits per heavy atom. The van der Waals surface area contributed by atoms with Crippen molar-refractivity contribution in [2.24, 2.45) is 0 Å². The summed E-state index contributed by atoms with van der Waals surface area (Å²) in [4.78, 5) is 7.33. The fourth-order valence-electron chi connectivity index (χ4n) is 13.7. The van der Waals surface area contributed by atoms with Crippen LogP contribution in [0, 0.1) is 0 Å². The summed E-state index contributed by atoms with van der Waals surface area (Å²) in [5.74, 6) is 0.995. The molecule has 1 aromatic heterocycles. The molecule has 3 nitrogen and oxygen atoms in total. The number of aryl methyl sites for hydroxylation is 1. The van der Waals surface area contributed by atoms with Gasteiger partial charge in [-0.2, -0.15) is 0 Å². The summed E-state index contributed by atoms with van der Waals surface area (Å²) in [5, 5.41) is 23.1. The molecule has 17 rings (SSSR count). The lowest BCUT2D eigenvalue weighted by atomic mass is 9.85. The number of allylic oxidation sites excluding steroid dienone is 8. The minimum Gasteiger partial charge on any atom is -0.324 e. The zero-order valence-electron chi connectivity index (χ0n) is 49.0. The number of hydrogen-bond acceptors (Lipinski definition) is 2. The van der Waals surface area contributed by atoms with Crippen LogP contribution >= 0.6 is 0 Å². The van der Waals surface area contributed by atoms with Crippen LogP contribution in [-0.2, 0) is 6.42 Å². The van der Waals surface area contributed by atoms with Gasteiger partial charge in [-0.1, -0.05) is 256 Å². The van der Waals surface area contributed by atoms with Crippen molar-refractivity contribution in [2.75, 3.05) is 0 Å². The van der Waals surface area contributed by atoms with Gasteiger partial charge in [0.1, 0.15) is 5.82 Å². The molecule has 87 heavy (non-hydrogen) atoms. The van der Waals surface area contributed by atoms with Gasteiger partial charge in [0.2, 0.25) is 0 Å². The highest BCUT2D eigenvalue weighted by Crippen LogP contribution is 2.47. The fourth-order valence-corrected chi connectivity index (χ4v) is 13.7. The van der Waals surface area contributed by atoms with Crippen LogP contribution in [0.2, 0.25) is 0 Å². The van der Waals surface area contributed by atoms with E-state index in [9.17, 15) is 0 Å². The third-order valence-electron chi connectivity index (χ3n) is 17.7. The average molecular weight is 1110 g/mol. The van der Waals surface area contributed by atoms with Crippen LogP contribution in [0.15, 0.2) is 310 Å². The van der Waals surface area contributed by atoms with Crippen LogP contribution in [0.1, 0.15) is 37.8 Å². The highest BCUT2D eigenvalue weighted by atomic mass is 15.1. The van der Waals surface area contributed by atoms with Crippen molar-refractivity contribution in [3.05, 3.63) is 321 Å². The number of rotatable bonds is 6. The number of para-hydroxylation sites is 2. The molecule has 0 spiro atoms. The van der Waals surface area contributed by atoms with E-state index in [4.69, 9.17) is 4.98 Å². The molecule has 0 radical (unpaired) electrons. The van der Waals surface area contributed by atoms with Gasteiger partial charge in [-0.15, -0.1) is 0 Å². The van der Waals surface area contributed by atoms with E-state index in [0.717, 1.165) is 41.8 Å². The van der Waals surface area contributed by atoms with Crippen molar-refractivity contribution in [3.63, 3.8) is 0 Å². The monoisotopic (exact) mass is 1110 g/mol. The Bertz CT molecular complexity index is 5420. The van der Waals surface area contributed by atoms with Crippen molar-refractivity contribution < 1.29 is 0 Å². The lowest BCUT2D eigenvalue weighted by molar-refractivity contribution is 0.650. The van der Waals surface area contributed by atoms with Gasteiger partial charge in [-0.25, -0.2) is 4.98 Å². The normalized spacial score (nSPS) is 13.4. The first-order chi connectivity index (χ1) is 43.0. The zero-order chi connectivity index (χ0) is 58.4. The van der Waals surface area contributed by atoms with Gasteiger partial charge in [0, 0.05) is 29.4 Å². The predicted molar refractivity (Wildman–Crippen MR) is 376 cm³/mol. The summed E-state index contributed by atoms with van der Waals surface area (Å²) in [6, 6.07) is 90.2. The van der Waals surface area contributed by atoms with E-state index in [2.05, 4.69) is 303 Å². The maximum absolute atomic E-state index is 5.25. The Morgan fingerprint density at radius 1 is 0.437 bits per heavy atom.